The second-order valence-corrected chi connectivity index (χ2v) is 4.71. The van der Waals surface area contributed by atoms with Gasteiger partial charge in [0.1, 0.15) is 6.54 Å². The van der Waals surface area contributed by atoms with Crippen molar-refractivity contribution in [2.45, 2.75) is 13.3 Å². The number of carbonyl (C=O) groups is 2. The highest BCUT2D eigenvalue weighted by molar-refractivity contribution is 6.36. The van der Waals surface area contributed by atoms with Crippen molar-refractivity contribution < 1.29 is 14.7 Å². The molecule has 0 unspecified atom stereocenters. The van der Waals surface area contributed by atoms with Gasteiger partial charge in [-0.05, 0) is 24.6 Å². The van der Waals surface area contributed by atoms with E-state index in [9.17, 15) is 9.59 Å². The van der Waals surface area contributed by atoms with Crippen molar-refractivity contribution in [1.82, 2.24) is 4.90 Å². The van der Waals surface area contributed by atoms with Crippen LogP contribution in [-0.2, 0) is 4.79 Å². The number of nitrogens with one attached hydrogen (secondary N) is 1. The number of carbonyl (C=O) groups excluding carboxylic acids is 1. The van der Waals surface area contributed by atoms with Crippen LogP contribution in [0, 0.1) is 0 Å². The van der Waals surface area contributed by atoms with Crippen LogP contribution in [0.25, 0.3) is 0 Å². The molecule has 0 saturated heterocycles. The molecule has 0 aliphatic rings. The van der Waals surface area contributed by atoms with Crippen LogP contribution in [0.5, 0.6) is 0 Å². The molecule has 0 aromatic heterocycles. The first-order chi connectivity index (χ1) is 8.93. The highest BCUT2D eigenvalue weighted by Crippen LogP contribution is 2.25. The molecule has 0 bridgehead atoms. The average molecular weight is 305 g/mol. The number of hydrogen-bond acceptors (Lipinski definition) is 2. The number of carboxylic acid groups (broad SMARTS) is 1. The Morgan fingerprint density at radius 3 is 2.58 bits per heavy atom. The molecule has 0 spiro atoms. The van der Waals surface area contributed by atoms with Gasteiger partial charge in [-0.1, -0.05) is 30.1 Å². The molecule has 2 amide bonds. The quantitative estimate of drug-likeness (QED) is 0.876. The molecule has 0 atom stereocenters. The van der Waals surface area contributed by atoms with Crippen molar-refractivity contribution in [3.05, 3.63) is 28.2 Å². The number of hydrogen-bond donors (Lipinski definition) is 2. The molecule has 0 aliphatic heterocycles. The maximum Gasteiger partial charge on any atom is 0.323 e. The minimum Gasteiger partial charge on any atom is -0.480 e. The number of carboxylic acids is 1. The van der Waals surface area contributed by atoms with Crippen molar-refractivity contribution in [1.29, 1.82) is 0 Å². The fourth-order valence-corrected chi connectivity index (χ4v) is 1.93. The second kappa shape index (κ2) is 7.21. The molecular formula is C12H14Cl2N2O3. The molecule has 0 fully saturated rings. The number of nitrogens with zero attached hydrogens (tertiary/aromatic N) is 1. The molecule has 1 rings (SSSR count). The van der Waals surface area contributed by atoms with Gasteiger partial charge in [-0.15, -0.1) is 0 Å². The molecule has 1 aromatic rings. The van der Waals surface area contributed by atoms with Crippen molar-refractivity contribution in [2.75, 3.05) is 18.4 Å². The third-order valence-corrected chi connectivity index (χ3v) is 2.83. The van der Waals surface area contributed by atoms with Crippen LogP contribution in [0.3, 0.4) is 0 Å². The van der Waals surface area contributed by atoms with E-state index < -0.39 is 12.0 Å². The lowest BCUT2D eigenvalue weighted by Gasteiger charge is -2.20. The van der Waals surface area contributed by atoms with Gasteiger partial charge < -0.3 is 15.3 Å². The zero-order chi connectivity index (χ0) is 14.4. The molecular weight excluding hydrogens is 291 g/mol. The average Bonchev–Trinajstić information content (AvgIpc) is 2.31. The van der Waals surface area contributed by atoms with E-state index in [1.54, 1.807) is 12.1 Å². The van der Waals surface area contributed by atoms with E-state index in [1.807, 2.05) is 6.92 Å². The fourth-order valence-electron chi connectivity index (χ4n) is 1.47. The van der Waals surface area contributed by atoms with Gasteiger partial charge in [0.15, 0.2) is 0 Å². The van der Waals surface area contributed by atoms with Gasteiger partial charge in [-0.2, -0.15) is 0 Å². The molecule has 0 heterocycles. The molecule has 0 saturated carbocycles. The van der Waals surface area contributed by atoms with E-state index in [4.69, 9.17) is 28.3 Å². The van der Waals surface area contributed by atoms with Gasteiger partial charge >= 0.3 is 12.0 Å². The summed E-state index contributed by atoms with van der Waals surface area (Å²) in [5, 5.41) is 12.1. The van der Waals surface area contributed by atoms with Gasteiger partial charge in [0.25, 0.3) is 0 Å². The third-order valence-electron chi connectivity index (χ3n) is 2.28. The zero-order valence-corrected chi connectivity index (χ0v) is 11.8. The minimum absolute atomic E-state index is 0.299. The van der Waals surface area contributed by atoms with Crippen LogP contribution < -0.4 is 5.32 Å². The van der Waals surface area contributed by atoms with Crippen LogP contribution in [0.15, 0.2) is 18.2 Å². The van der Waals surface area contributed by atoms with Crippen LogP contribution in [0.4, 0.5) is 10.5 Å². The van der Waals surface area contributed by atoms with Crippen molar-refractivity contribution in [3.8, 4) is 0 Å². The van der Waals surface area contributed by atoms with Gasteiger partial charge in [0, 0.05) is 11.6 Å². The maximum absolute atomic E-state index is 11.9. The van der Waals surface area contributed by atoms with E-state index in [0.717, 1.165) is 0 Å². The van der Waals surface area contributed by atoms with Crippen molar-refractivity contribution >= 4 is 40.9 Å². The van der Waals surface area contributed by atoms with Gasteiger partial charge in [0.2, 0.25) is 0 Å². The summed E-state index contributed by atoms with van der Waals surface area (Å²) < 4.78 is 0. The predicted molar refractivity (Wildman–Crippen MR) is 75.0 cm³/mol. The summed E-state index contributed by atoms with van der Waals surface area (Å²) in [5.41, 5.74) is 0.391. The Kier molecular flexibility index (Phi) is 5.92. The second-order valence-electron chi connectivity index (χ2n) is 3.87. The lowest BCUT2D eigenvalue weighted by atomic mass is 10.3. The zero-order valence-electron chi connectivity index (χ0n) is 10.3. The standard InChI is InChI=1S/C12H14Cl2N2O3/c1-2-5-16(7-11(17)18)12(19)15-10-4-3-8(13)6-9(10)14/h3-4,6H,2,5,7H2,1H3,(H,15,19)(H,17,18). The number of aliphatic carboxylic acids is 1. The maximum atomic E-state index is 11.9. The van der Waals surface area contributed by atoms with Crippen molar-refractivity contribution in [2.24, 2.45) is 0 Å². The van der Waals surface area contributed by atoms with Gasteiger partial charge in [-0.25, -0.2) is 4.79 Å². The molecule has 2 N–H and O–H groups in total. The Morgan fingerprint density at radius 1 is 1.37 bits per heavy atom. The summed E-state index contributed by atoms with van der Waals surface area (Å²) in [7, 11) is 0. The van der Waals surface area contributed by atoms with Gasteiger partial charge in [0.05, 0.1) is 10.7 Å². The first-order valence-electron chi connectivity index (χ1n) is 5.66. The number of benzene rings is 1. The molecule has 104 valence electrons. The van der Waals surface area contributed by atoms with E-state index >= 15 is 0 Å². The molecule has 19 heavy (non-hydrogen) atoms. The Balaban J connectivity index is 2.77. The Labute approximate surface area is 121 Å². The van der Waals surface area contributed by atoms with Crippen LogP contribution in [0.2, 0.25) is 10.0 Å². The first-order valence-corrected chi connectivity index (χ1v) is 6.42. The third kappa shape index (κ3) is 4.96. The van der Waals surface area contributed by atoms with E-state index in [2.05, 4.69) is 5.32 Å². The smallest absolute Gasteiger partial charge is 0.323 e. The van der Waals surface area contributed by atoms with E-state index in [0.29, 0.717) is 28.7 Å². The molecule has 7 heteroatoms. The van der Waals surface area contributed by atoms with Gasteiger partial charge in [-0.3, -0.25) is 4.79 Å². The Hall–Kier alpha value is -1.46. The SMILES string of the molecule is CCCN(CC(=O)O)C(=O)Nc1ccc(Cl)cc1Cl. The summed E-state index contributed by atoms with van der Waals surface area (Å²) in [6.07, 6.45) is 0.662. The predicted octanol–water partition coefficient (Wildman–Crippen LogP) is 3.32. The largest absolute Gasteiger partial charge is 0.480 e. The molecule has 1 aromatic carbocycles. The molecule has 0 radical (unpaired) electrons. The Bertz CT molecular complexity index is 480. The number of urea groups is 1. The minimum atomic E-state index is -1.06. The van der Waals surface area contributed by atoms with E-state index in [-0.39, 0.29) is 6.54 Å². The number of rotatable bonds is 5. The Morgan fingerprint density at radius 2 is 2.05 bits per heavy atom. The highest BCUT2D eigenvalue weighted by atomic mass is 35.5. The van der Waals surface area contributed by atoms with Crippen LogP contribution in [-0.4, -0.2) is 35.1 Å². The summed E-state index contributed by atoms with van der Waals surface area (Å²) in [4.78, 5) is 23.8. The lowest BCUT2D eigenvalue weighted by molar-refractivity contribution is -0.137. The van der Waals surface area contributed by atoms with Crippen molar-refractivity contribution in [3.63, 3.8) is 0 Å². The van der Waals surface area contributed by atoms with E-state index in [1.165, 1.54) is 11.0 Å². The summed E-state index contributed by atoms with van der Waals surface area (Å²) in [5.74, 6) is -1.06. The highest BCUT2D eigenvalue weighted by Gasteiger charge is 2.16. The van der Waals surface area contributed by atoms with Crippen LogP contribution >= 0.6 is 23.2 Å². The fraction of sp³-hybridized carbons (Fsp3) is 0.333. The molecule has 5 nitrogen and oxygen atoms in total. The lowest BCUT2D eigenvalue weighted by Crippen LogP contribution is -2.39. The monoisotopic (exact) mass is 304 g/mol. The topological polar surface area (TPSA) is 69.6 Å². The normalized spacial score (nSPS) is 10.1. The summed E-state index contributed by atoms with van der Waals surface area (Å²) >= 11 is 11.7. The summed E-state index contributed by atoms with van der Waals surface area (Å²) in [6.45, 7) is 1.85. The summed E-state index contributed by atoms with van der Waals surface area (Å²) in [6, 6.07) is 4.14. The van der Waals surface area contributed by atoms with Crippen LogP contribution in [0.1, 0.15) is 13.3 Å². The first kappa shape index (κ1) is 15.6. The number of anilines is 1. The molecule has 0 aliphatic carbocycles. The number of halogens is 2. The number of amides is 2.